The first-order chi connectivity index (χ1) is 6.16. The highest BCUT2D eigenvalue weighted by Gasteiger charge is 2.10. The van der Waals surface area contributed by atoms with E-state index in [-0.39, 0.29) is 0 Å². The minimum absolute atomic E-state index is 0.462. The Labute approximate surface area is 87.5 Å². The Morgan fingerprint density at radius 2 is 2.31 bits per heavy atom. The van der Waals surface area contributed by atoms with Crippen LogP contribution in [-0.4, -0.2) is 16.1 Å². The van der Waals surface area contributed by atoms with Gasteiger partial charge in [-0.2, -0.15) is 0 Å². The normalized spacial score (nSPS) is 11.2. The van der Waals surface area contributed by atoms with Crippen molar-refractivity contribution in [2.24, 2.45) is 5.73 Å². The number of halogens is 1. The predicted octanol–water partition coefficient (Wildman–Crippen LogP) is 2.12. The summed E-state index contributed by atoms with van der Waals surface area (Å²) >= 11 is 3.48. The summed E-state index contributed by atoms with van der Waals surface area (Å²) in [5.74, 6) is 1.59. The molecule has 0 fully saturated rings. The molecule has 0 saturated carbocycles. The van der Waals surface area contributed by atoms with Gasteiger partial charge in [0.15, 0.2) is 0 Å². The average Bonchev–Trinajstić information content (AvgIpc) is 2.43. The molecule has 1 aromatic rings. The summed E-state index contributed by atoms with van der Waals surface area (Å²) in [5, 5.41) is 0. The van der Waals surface area contributed by atoms with Crippen LogP contribution in [0, 0.1) is 0 Å². The second kappa shape index (κ2) is 4.77. The highest BCUT2D eigenvalue weighted by atomic mass is 79.9. The number of imidazole rings is 1. The van der Waals surface area contributed by atoms with Gasteiger partial charge >= 0.3 is 0 Å². The Hall–Kier alpha value is -0.350. The van der Waals surface area contributed by atoms with Crippen LogP contribution in [0.15, 0.2) is 10.8 Å². The zero-order valence-electron chi connectivity index (χ0n) is 8.13. The minimum Gasteiger partial charge on any atom is -0.330 e. The lowest BCUT2D eigenvalue weighted by Gasteiger charge is -2.10. The Balaban J connectivity index is 2.82. The number of hydrogen-bond acceptors (Lipinski definition) is 2. The molecule has 1 aromatic heterocycles. The Morgan fingerprint density at radius 1 is 1.62 bits per heavy atom. The molecule has 0 saturated heterocycles. The molecule has 0 amide bonds. The molecule has 0 spiro atoms. The lowest BCUT2D eigenvalue weighted by atomic mass is 10.2. The summed E-state index contributed by atoms with van der Waals surface area (Å²) in [7, 11) is 0. The van der Waals surface area contributed by atoms with Gasteiger partial charge in [-0.1, -0.05) is 13.8 Å². The van der Waals surface area contributed by atoms with Crippen LogP contribution in [0.3, 0.4) is 0 Å². The molecule has 4 heteroatoms. The summed E-state index contributed by atoms with van der Waals surface area (Å²) in [6, 6.07) is 0. The van der Waals surface area contributed by atoms with E-state index in [4.69, 9.17) is 5.73 Å². The highest BCUT2D eigenvalue weighted by molar-refractivity contribution is 9.10. The molecule has 3 nitrogen and oxygen atoms in total. The van der Waals surface area contributed by atoms with Crippen LogP contribution in [-0.2, 0) is 6.54 Å². The molecule has 0 aliphatic heterocycles. The zero-order chi connectivity index (χ0) is 9.84. The molecular weight excluding hydrogens is 230 g/mol. The Morgan fingerprint density at radius 3 is 2.85 bits per heavy atom. The van der Waals surface area contributed by atoms with Gasteiger partial charge in [0.2, 0.25) is 0 Å². The number of hydrogen-bond donors (Lipinski definition) is 1. The highest BCUT2D eigenvalue weighted by Crippen LogP contribution is 2.19. The predicted molar refractivity (Wildman–Crippen MR) is 57.7 cm³/mol. The van der Waals surface area contributed by atoms with E-state index in [2.05, 4.69) is 39.3 Å². The molecule has 2 N–H and O–H groups in total. The molecule has 0 radical (unpaired) electrons. The summed E-state index contributed by atoms with van der Waals surface area (Å²) in [5.41, 5.74) is 5.47. The first kappa shape index (κ1) is 10.7. The lowest BCUT2D eigenvalue weighted by molar-refractivity contribution is 0.586. The topological polar surface area (TPSA) is 43.8 Å². The summed E-state index contributed by atoms with van der Waals surface area (Å²) in [6.45, 7) is 5.97. The van der Waals surface area contributed by atoms with E-state index in [0.29, 0.717) is 5.92 Å². The number of aromatic nitrogens is 2. The van der Waals surface area contributed by atoms with E-state index in [1.165, 1.54) is 0 Å². The third-order valence-electron chi connectivity index (χ3n) is 1.94. The third-order valence-corrected chi connectivity index (χ3v) is 2.57. The van der Waals surface area contributed by atoms with Gasteiger partial charge in [0.05, 0.1) is 6.20 Å². The molecule has 0 aliphatic carbocycles. The second-order valence-corrected chi connectivity index (χ2v) is 4.20. The summed E-state index contributed by atoms with van der Waals surface area (Å²) in [4.78, 5) is 4.34. The molecule has 13 heavy (non-hydrogen) atoms. The summed E-state index contributed by atoms with van der Waals surface area (Å²) < 4.78 is 3.22. The minimum atomic E-state index is 0.462. The van der Waals surface area contributed by atoms with Gasteiger partial charge in [0.25, 0.3) is 0 Å². The van der Waals surface area contributed by atoms with Crippen molar-refractivity contribution in [2.45, 2.75) is 32.7 Å². The van der Waals surface area contributed by atoms with Crippen LogP contribution >= 0.6 is 15.9 Å². The molecule has 1 heterocycles. The van der Waals surface area contributed by atoms with Gasteiger partial charge in [0.1, 0.15) is 10.4 Å². The SMILES string of the molecule is CC(C)c1ncc(Br)n1CCCN. The maximum absolute atomic E-state index is 5.47. The standard InChI is InChI=1S/C9H16BrN3/c1-7(2)9-12-6-8(10)13(9)5-3-4-11/h6-7H,3-5,11H2,1-2H3. The quantitative estimate of drug-likeness (QED) is 0.884. The largest absolute Gasteiger partial charge is 0.330 e. The molecule has 0 bridgehead atoms. The van der Waals surface area contributed by atoms with Crippen molar-refractivity contribution in [1.29, 1.82) is 0 Å². The fraction of sp³-hybridized carbons (Fsp3) is 0.667. The van der Waals surface area contributed by atoms with Crippen molar-refractivity contribution < 1.29 is 0 Å². The molecule has 1 rings (SSSR count). The van der Waals surface area contributed by atoms with Crippen molar-refractivity contribution in [3.05, 3.63) is 16.6 Å². The van der Waals surface area contributed by atoms with E-state index in [1.807, 2.05) is 6.20 Å². The van der Waals surface area contributed by atoms with Crippen LogP contribution in [0.1, 0.15) is 32.0 Å². The molecule has 0 aromatic carbocycles. The van der Waals surface area contributed by atoms with Gasteiger partial charge in [-0.15, -0.1) is 0 Å². The van der Waals surface area contributed by atoms with Gasteiger partial charge in [-0.25, -0.2) is 4.98 Å². The number of nitrogens with zero attached hydrogens (tertiary/aromatic N) is 2. The van der Waals surface area contributed by atoms with Gasteiger partial charge in [0, 0.05) is 12.5 Å². The third kappa shape index (κ3) is 2.54. The summed E-state index contributed by atoms with van der Waals surface area (Å²) in [6.07, 6.45) is 2.85. The molecule has 0 unspecified atom stereocenters. The van der Waals surface area contributed by atoms with Crippen molar-refractivity contribution in [3.63, 3.8) is 0 Å². The van der Waals surface area contributed by atoms with Crippen LogP contribution in [0.4, 0.5) is 0 Å². The van der Waals surface area contributed by atoms with Crippen molar-refractivity contribution in [1.82, 2.24) is 9.55 Å². The number of rotatable bonds is 4. The fourth-order valence-corrected chi connectivity index (χ4v) is 1.76. The van der Waals surface area contributed by atoms with Gasteiger partial charge in [-0.05, 0) is 28.9 Å². The lowest BCUT2D eigenvalue weighted by Crippen LogP contribution is -2.10. The van der Waals surface area contributed by atoms with E-state index in [1.54, 1.807) is 0 Å². The number of nitrogens with two attached hydrogens (primary N) is 1. The van der Waals surface area contributed by atoms with E-state index in [0.717, 1.165) is 29.9 Å². The molecule has 0 atom stereocenters. The van der Waals surface area contributed by atoms with Crippen molar-refractivity contribution in [2.75, 3.05) is 6.54 Å². The maximum atomic E-state index is 5.47. The molecule has 0 aliphatic rings. The monoisotopic (exact) mass is 245 g/mol. The van der Waals surface area contributed by atoms with Gasteiger partial charge in [-0.3, -0.25) is 0 Å². The van der Waals surface area contributed by atoms with Crippen molar-refractivity contribution in [3.8, 4) is 0 Å². The van der Waals surface area contributed by atoms with Crippen LogP contribution in [0.2, 0.25) is 0 Å². The second-order valence-electron chi connectivity index (χ2n) is 3.39. The first-order valence-corrected chi connectivity index (χ1v) is 5.37. The van der Waals surface area contributed by atoms with E-state index < -0.39 is 0 Å². The Kier molecular flexibility index (Phi) is 3.93. The first-order valence-electron chi connectivity index (χ1n) is 4.57. The van der Waals surface area contributed by atoms with E-state index >= 15 is 0 Å². The fourth-order valence-electron chi connectivity index (χ4n) is 1.30. The van der Waals surface area contributed by atoms with Crippen LogP contribution < -0.4 is 5.73 Å². The van der Waals surface area contributed by atoms with Crippen LogP contribution in [0.25, 0.3) is 0 Å². The average molecular weight is 246 g/mol. The van der Waals surface area contributed by atoms with Gasteiger partial charge < -0.3 is 10.3 Å². The smallest absolute Gasteiger partial charge is 0.112 e. The van der Waals surface area contributed by atoms with Crippen molar-refractivity contribution >= 4 is 15.9 Å². The zero-order valence-corrected chi connectivity index (χ0v) is 9.71. The van der Waals surface area contributed by atoms with E-state index in [9.17, 15) is 0 Å². The molecule has 74 valence electrons. The molecular formula is C9H16BrN3. The maximum Gasteiger partial charge on any atom is 0.112 e. The Bertz CT molecular complexity index is 268. The van der Waals surface area contributed by atoms with Crippen LogP contribution in [0.5, 0.6) is 0 Å².